The molecule has 130 valence electrons. The van der Waals surface area contributed by atoms with Crippen LogP contribution in [0.15, 0.2) is 48.5 Å². The highest BCUT2D eigenvalue weighted by Crippen LogP contribution is 2.16. The van der Waals surface area contributed by atoms with Crippen molar-refractivity contribution in [3.05, 3.63) is 71.3 Å². The number of rotatable bonds is 0. The smallest absolute Gasteiger partial charge is 0.0658 e. The molecule has 5 heterocycles. The van der Waals surface area contributed by atoms with Crippen molar-refractivity contribution >= 4 is 34.2 Å². The van der Waals surface area contributed by atoms with Gasteiger partial charge in [0.25, 0.3) is 0 Å². The van der Waals surface area contributed by atoms with Crippen LogP contribution in [0, 0.1) is 0 Å². The zero-order valence-electron chi connectivity index (χ0n) is 15.1. The number of H-pyrrole nitrogens is 2. The zero-order valence-corrected chi connectivity index (χ0v) is 15.1. The van der Waals surface area contributed by atoms with Gasteiger partial charge in [0.05, 0.1) is 11.4 Å². The van der Waals surface area contributed by atoms with Gasteiger partial charge in [0, 0.05) is 33.5 Å². The van der Waals surface area contributed by atoms with E-state index in [1.807, 2.05) is 26.0 Å². The molecular weight excluding hydrogens is 320 g/mol. The third-order valence-electron chi connectivity index (χ3n) is 4.32. The minimum atomic E-state index is 0.953. The van der Waals surface area contributed by atoms with Crippen LogP contribution in [-0.4, -0.2) is 19.9 Å². The molecule has 0 fully saturated rings. The molecule has 0 unspecified atom stereocenters. The van der Waals surface area contributed by atoms with Crippen molar-refractivity contribution in [2.75, 3.05) is 0 Å². The largest absolute Gasteiger partial charge is 0.355 e. The van der Waals surface area contributed by atoms with Gasteiger partial charge >= 0.3 is 0 Å². The molecule has 0 radical (unpaired) electrons. The molecule has 0 aromatic carbocycles. The van der Waals surface area contributed by atoms with Gasteiger partial charge in [-0.25, -0.2) is 4.98 Å². The van der Waals surface area contributed by atoms with Gasteiger partial charge in [-0.15, -0.1) is 0 Å². The van der Waals surface area contributed by atoms with Gasteiger partial charge in [-0.2, -0.15) is 0 Å². The van der Waals surface area contributed by atoms with Gasteiger partial charge in [0.1, 0.15) is 0 Å². The Kier molecular flexibility index (Phi) is 4.40. The van der Waals surface area contributed by atoms with Crippen LogP contribution in [0.5, 0.6) is 0 Å². The first-order chi connectivity index (χ1) is 12.8. The van der Waals surface area contributed by atoms with Crippen LogP contribution in [0.25, 0.3) is 34.2 Å². The van der Waals surface area contributed by atoms with Crippen LogP contribution in [0.2, 0.25) is 0 Å². The molecule has 3 aromatic rings. The number of aryl methyl sites for hydroxylation is 2. The van der Waals surface area contributed by atoms with Crippen molar-refractivity contribution in [2.45, 2.75) is 26.7 Å². The van der Waals surface area contributed by atoms with Crippen LogP contribution >= 0.6 is 0 Å². The highest BCUT2D eigenvalue weighted by Gasteiger charge is 2.05. The van der Waals surface area contributed by atoms with E-state index in [4.69, 9.17) is 4.98 Å². The van der Waals surface area contributed by atoms with Gasteiger partial charge in [-0.1, -0.05) is 13.8 Å². The molecule has 0 saturated carbocycles. The minimum absolute atomic E-state index is 0.953. The molecule has 2 N–H and O–H groups in total. The second-order valence-corrected chi connectivity index (χ2v) is 6.20. The lowest BCUT2D eigenvalue weighted by atomic mass is 10.2. The summed E-state index contributed by atoms with van der Waals surface area (Å²) in [6.45, 7) is 4.00. The molecule has 0 atom stereocenters. The summed E-state index contributed by atoms with van der Waals surface area (Å²) in [4.78, 5) is 16.2. The first-order valence-electron chi connectivity index (χ1n) is 9.14. The Morgan fingerprint density at radius 1 is 0.615 bits per heavy atom. The number of nitrogens with one attached hydrogen (secondary N) is 2. The fraction of sp³-hybridized carbons (Fsp3) is 0.182. The van der Waals surface area contributed by atoms with E-state index in [0.29, 0.717) is 0 Å². The fourth-order valence-electron chi connectivity index (χ4n) is 3.19. The Morgan fingerprint density at radius 2 is 1.04 bits per heavy atom. The minimum Gasteiger partial charge on any atom is -0.355 e. The van der Waals surface area contributed by atoms with E-state index >= 15 is 0 Å². The van der Waals surface area contributed by atoms with Crippen LogP contribution < -0.4 is 0 Å². The number of aromatic nitrogens is 4. The van der Waals surface area contributed by atoms with Crippen molar-refractivity contribution in [2.24, 2.45) is 0 Å². The molecular formula is C22H22N4. The second-order valence-electron chi connectivity index (χ2n) is 6.20. The Hall–Kier alpha value is -3.14. The number of fused-ring (bicyclic) bond motifs is 8. The number of aromatic amines is 2. The maximum absolute atomic E-state index is 4.75. The maximum Gasteiger partial charge on any atom is 0.0658 e. The van der Waals surface area contributed by atoms with Gasteiger partial charge in [0.2, 0.25) is 0 Å². The van der Waals surface area contributed by atoms with E-state index in [0.717, 1.165) is 57.7 Å². The summed E-state index contributed by atoms with van der Waals surface area (Å²) >= 11 is 0. The molecule has 5 rings (SSSR count). The monoisotopic (exact) mass is 342 g/mol. The molecule has 8 bridgehead atoms. The molecule has 2 aliphatic heterocycles. The number of hydrogen-bond donors (Lipinski definition) is 2. The summed E-state index contributed by atoms with van der Waals surface area (Å²) < 4.78 is 0. The van der Waals surface area contributed by atoms with Crippen molar-refractivity contribution in [3.63, 3.8) is 0 Å². The summed E-state index contributed by atoms with van der Waals surface area (Å²) in [5, 5.41) is 0. The van der Waals surface area contributed by atoms with Crippen LogP contribution in [0.4, 0.5) is 0 Å². The predicted octanol–water partition coefficient (Wildman–Crippen LogP) is 5.30. The fourth-order valence-corrected chi connectivity index (χ4v) is 3.19. The third kappa shape index (κ3) is 3.45. The molecule has 0 saturated heterocycles. The summed E-state index contributed by atoms with van der Waals surface area (Å²) in [6, 6.07) is 16.7. The Morgan fingerprint density at radius 3 is 1.50 bits per heavy atom. The molecule has 3 aromatic heterocycles. The average molecular weight is 342 g/mol. The molecule has 2 aliphatic rings. The highest BCUT2D eigenvalue weighted by atomic mass is 14.8. The predicted molar refractivity (Wildman–Crippen MR) is 109 cm³/mol. The van der Waals surface area contributed by atoms with Gasteiger partial charge < -0.3 is 9.97 Å². The average Bonchev–Trinajstić information content (AvgIpc) is 3.42. The van der Waals surface area contributed by atoms with Crippen LogP contribution in [0.1, 0.15) is 36.6 Å². The van der Waals surface area contributed by atoms with E-state index in [1.54, 1.807) is 0 Å². The van der Waals surface area contributed by atoms with Crippen LogP contribution in [-0.2, 0) is 12.8 Å². The lowest BCUT2D eigenvalue weighted by Gasteiger charge is -1.85. The first-order valence-corrected chi connectivity index (χ1v) is 9.14. The SMILES string of the molecule is C1=Cc2cc3ccc(cc4nc(cc5ccc(cc1n2)[nH]5)CC4)[nH]3.CC. The van der Waals surface area contributed by atoms with E-state index in [2.05, 4.69) is 63.5 Å². The quantitative estimate of drug-likeness (QED) is 0.456. The van der Waals surface area contributed by atoms with Gasteiger partial charge in [-0.3, -0.25) is 4.98 Å². The summed E-state index contributed by atoms with van der Waals surface area (Å²) in [6.07, 6.45) is 6.03. The second kappa shape index (κ2) is 7.00. The number of hydrogen-bond acceptors (Lipinski definition) is 2. The number of nitrogens with zero attached hydrogens (tertiary/aromatic N) is 2. The van der Waals surface area contributed by atoms with E-state index < -0.39 is 0 Å². The topological polar surface area (TPSA) is 57.4 Å². The van der Waals surface area contributed by atoms with Crippen molar-refractivity contribution < 1.29 is 0 Å². The standard InChI is InChI=1S/C20H16N4.C2H6/c1-2-14-10-16-5-6-18(23-16)12-20-8-7-19(24-20)11-17-4-3-15(22-17)9-13(1)21-14;1-2/h1-6,9-12,22-23H,7-8H2;1-2H3. The Balaban J connectivity index is 0.000000814. The normalized spacial score (nSPS) is 12.5. The summed E-state index contributed by atoms with van der Waals surface area (Å²) in [5.74, 6) is 0. The van der Waals surface area contributed by atoms with E-state index in [9.17, 15) is 0 Å². The molecule has 0 amide bonds. The maximum atomic E-state index is 4.75. The highest BCUT2D eigenvalue weighted by molar-refractivity contribution is 5.74. The first kappa shape index (κ1) is 16.3. The lowest BCUT2D eigenvalue weighted by molar-refractivity contribution is 1.03. The molecule has 4 heteroatoms. The molecule has 0 spiro atoms. The van der Waals surface area contributed by atoms with E-state index in [-0.39, 0.29) is 0 Å². The van der Waals surface area contributed by atoms with Crippen LogP contribution in [0.3, 0.4) is 0 Å². The van der Waals surface area contributed by atoms with Gasteiger partial charge in [-0.05, 0) is 73.5 Å². The summed E-state index contributed by atoms with van der Waals surface area (Å²) in [5.41, 5.74) is 8.40. The van der Waals surface area contributed by atoms with E-state index in [1.165, 1.54) is 0 Å². The molecule has 26 heavy (non-hydrogen) atoms. The Labute approximate surface area is 152 Å². The van der Waals surface area contributed by atoms with Crippen molar-refractivity contribution in [1.29, 1.82) is 0 Å². The molecule has 0 aliphatic carbocycles. The summed E-state index contributed by atoms with van der Waals surface area (Å²) in [7, 11) is 0. The third-order valence-corrected chi connectivity index (χ3v) is 4.32. The van der Waals surface area contributed by atoms with Gasteiger partial charge in [0.15, 0.2) is 0 Å². The van der Waals surface area contributed by atoms with Crippen molar-refractivity contribution in [3.8, 4) is 0 Å². The Bertz CT molecular complexity index is 1030. The van der Waals surface area contributed by atoms with Crippen molar-refractivity contribution in [1.82, 2.24) is 19.9 Å². The molecule has 4 nitrogen and oxygen atoms in total. The zero-order chi connectivity index (χ0) is 17.9. The lowest BCUT2D eigenvalue weighted by Crippen LogP contribution is -1.77.